The molecule has 0 bridgehead atoms. The normalized spacial score (nSPS) is 20.4. The van der Waals surface area contributed by atoms with Gasteiger partial charge in [0.2, 0.25) is 0 Å². The second-order valence-electron chi connectivity index (χ2n) is 5.69. The fourth-order valence-electron chi connectivity index (χ4n) is 2.69. The van der Waals surface area contributed by atoms with Gasteiger partial charge in [-0.2, -0.15) is 0 Å². The van der Waals surface area contributed by atoms with E-state index in [1.165, 1.54) is 31.4 Å². The van der Waals surface area contributed by atoms with Crippen molar-refractivity contribution in [3.05, 3.63) is 23.7 Å². The number of ether oxygens (including phenoxy) is 1. The number of piperidine rings is 1. The molecule has 1 N–H and O–H groups in total. The Labute approximate surface area is 122 Å². The van der Waals surface area contributed by atoms with E-state index in [1.807, 2.05) is 6.07 Å². The summed E-state index contributed by atoms with van der Waals surface area (Å²) < 4.78 is 11.4. The van der Waals surface area contributed by atoms with Crippen LogP contribution in [0, 0.1) is 0 Å². The van der Waals surface area contributed by atoms with E-state index in [-0.39, 0.29) is 0 Å². The summed E-state index contributed by atoms with van der Waals surface area (Å²) in [4.78, 5) is 2.41. The van der Waals surface area contributed by atoms with Crippen LogP contribution < -0.4 is 5.32 Å². The molecule has 1 atom stereocenters. The lowest BCUT2D eigenvalue weighted by Crippen LogP contribution is -2.39. The number of nitrogens with one attached hydrogen (secondary N) is 1. The topological polar surface area (TPSA) is 37.6 Å². The molecular formula is C16H28N2O2. The molecule has 1 saturated heterocycles. The maximum atomic E-state index is 5.87. The van der Waals surface area contributed by atoms with Crippen LogP contribution in [0.1, 0.15) is 43.9 Å². The van der Waals surface area contributed by atoms with E-state index in [0.717, 1.165) is 31.9 Å². The highest BCUT2D eigenvalue weighted by molar-refractivity contribution is 5.16. The highest BCUT2D eigenvalue weighted by atomic mass is 16.5. The van der Waals surface area contributed by atoms with Crippen molar-refractivity contribution in [1.82, 2.24) is 10.2 Å². The second-order valence-corrected chi connectivity index (χ2v) is 5.69. The quantitative estimate of drug-likeness (QED) is 0.743. The number of rotatable bonds is 8. The largest absolute Gasteiger partial charge is 0.467 e. The van der Waals surface area contributed by atoms with Gasteiger partial charge in [0.1, 0.15) is 12.4 Å². The van der Waals surface area contributed by atoms with Crippen LogP contribution in [0.2, 0.25) is 0 Å². The minimum atomic E-state index is 0.570. The van der Waals surface area contributed by atoms with Crippen molar-refractivity contribution < 1.29 is 9.15 Å². The predicted molar refractivity (Wildman–Crippen MR) is 80.6 cm³/mol. The van der Waals surface area contributed by atoms with Crippen molar-refractivity contribution in [2.24, 2.45) is 0 Å². The van der Waals surface area contributed by atoms with E-state index in [4.69, 9.17) is 9.15 Å². The van der Waals surface area contributed by atoms with Gasteiger partial charge in [-0.15, -0.1) is 0 Å². The molecule has 0 radical (unpaired) electrons. The molecule has 1 aliphatic heterocycles. The standard InChI is InChI=1S/C16H28N2O2/c1-3-8-17-11-14-7-10-20-16(14)13-19-12-15-6-4-5-9-18(15)2/h7,10,15,17H,3-6,8-9,11-13H2,1-2H3. The van der Waals surface area contributed by atoms with Crippen LogP contribution in [0.4, 0.5) is 0 Å². The minimum Gasteiger partial charge on any atom is -0.467 e. The first-order valence-corrected chi connectivity index (χ1v) is 7.85. The van der Waals surface area contributed by atoms with Gasteiger partial charge in [-0.25, -0.2) is 0 Å². The Bertz CT molecular complexity index is 378. The summed E-state index contributed by atoms with van der Waals surface area (Å²) in [7, 11) is 2.19. The van der Waals surface area contributed by atoms with Gasteiger partial charge in [-0.05, 0) is 45.5 Å². The van der Waals surface area contributed by atoms with Gasteiger partial charge in [0.05, 0.1) is 12.9 Å². The summed E-state index contributed by atoms with van der Waals surface area (Å²) in [5.74, 6) is 0.965. The number of hydrogen-bond donors (Lipinski definition) is 1. The van der Waals surface area contributed by atoms with Gasteiger partial charge >= 0.3 is 0 Å². The third-order valence-corrected chi connectivity index (χ3v) is 4.04. The molecule has 4 nitrogen and oxygen atoms in total. The summed E-state index contributed by atoms with van der Waals surface area (Å²) >= 11 is 0. The zero-order valence-electron chi connectivity index (χ0n) is 12.9. The third-order valence-electron chi connectivity index (χ3n) is 4.04. The summed E-state index contributed by atoms with van der Waals surface area (Å²) in [6.07, 6.45) is 6.80. The molecule has 1 aromatic heterocycles. The summed E-state index contributed by atoms with van der Waals surface area (Å²) in [5, 5.41) is 3.40. The molecular weight excluding hydrogens is 252 g/mol. The van der Waals surface area contributed by atoms with E-state index in [1.54, 1.807) is 6.26 Å². The number of likely N-dealkylation sites (tertiary alicyclic amines) is 1. The van der Waals surface area contributed by atoms with Gasteiger partial charge in [0.15, 0.2) is 0 Å². The van der Waals surface area contributed by atoms with Crippen molar-refractivity contribution in [3.63, 3.8) is 0 Å². The van der Waals surface area contributed by atoms with Gasteiger partial charge in [0, 0.05) is 18.2 Å². The number of likely N-dealkylation sites (N-methyl/N-ethyl adjacent to an activating group) is 1. The Morgan fingerprint density at radius 1 is 1.45 bits per heavy atom. The molecule has 4 heteroatoms. The molecule has 0 aliphatic carbocycles. The number of furan rings is 1. The van der Waals surface area contributed by atoms with E-state index < -0.39 is 0 Å². The zero-order chi connectivity index (χ0) is 14.2. The lowest BCUT2D eigenvalue weighted by molar-refractivity contribution is 0.0370. The molecule has 2 heterocycles. The van der Waals surface area contributed by atoms with Gasteiger partial charge in [0.25, 0.3) is 0 Å². The molecule has 0 saturated carbocycles. The maximum Gasteiger partial charge on any atom is 0.133 e. The fraction of sp³-hybridized carbons (Fsp3) is 0.750. The van der Waals surface area contributed by atoms with Crippen molar-refractivity contribution in [3.8, 4) is 0 Å². The SMILES string of the molecule is CCCNCc1ccoc1COCC1CCCCN1C. The highest BCUT2D eigenvalue weighted by Gasteiger charge is 2.19. The first kappa shape index (κ1) is 15.5. The maximum absolute atomic E-state index is 5.87. The van der Waals surface area contributed by atoms with E-state index >= 15 is 0 Å². The molecule has 0 amide bonds. The van der Waals surface area contributed by atoms with Crippen LogP contribution in [0.25, 0.3) is 0 Å². The van der Waals surface area contributed by atoms with Gasteiger partial charge in [-0.3, -0.25) is 0 Å². The Kier molecular flexibility index (Phi) is 6.57. The van der Waals surface area contributed by atoms with Crippen molar-refractivity contribution in [2.75, 3.05) is 26.7 Å². The second kappa shape index (κ2) is 8.45. The third kappa shape index (κ3) is 4.62. The van der Waals surface area contributed by atoms with Crippen LogP contribution in [0.15, 0.2) is 16.7 Å². The van der Waals surface area contributed by atoms with Crippen LogP contribution in [-0.2, 0) is 17.9 Å². The molecule has 1 aromatic rings. The Morgan fingerprint density at radius 2 is 2.35 bits per heavy atom. The molecule has 1 fully saturated rings. The number of nitrogens with zero attached hydrogens (tertiary/aromatic N) is 1. The Morgan fingerprint density at radius 3 is 3.15 bits per heavy atom. The fourth-order valence-corrected chi connectivity index (χ4v) is 2.69. The molecule has 2 rings (SSSR count). The van der Waals surface area contributed by atoms with Crippen LogP contribution in [0.3, 0.4) is 0 Å². The van der Waals surface area contributed by atoms with Gasteiger partial charge in [-0.1, -0.05) is 13.3 Å². The highest BCUT2D eigenvalue weighted by Crippen LogP contribution is 2.17. The first-order valence-electron chi connectivity index (χ1n) is 7.85. The van der Waals surface area contributed by atoms with Crippen LogP contribution in [0.5, 0.6) is 0 Å². The van der Waals surface area contributed by atoms with Crippen LogP contribution >= 0.6 is 0 Å². The smallest absolute Gasteiger partial charge is 0.133 e. The molecule has 0 spiro atoms. The van der Waals surface area contributed by atoms with E-state index in [2.05, 4.69) is 24.2 Å². The Hall–Kier alpha value is -0.840. The molecule has 114 valence electrons. The van der Waals surface area contributed by atoms with E-state index in [9.17, 15) is 0 Å². The minimum absolute atomic E-state index is 0.570. The van der Waals surface area contributed by atoms with Crippen molar-refractivity contribution in [2.45, 2.75) is 51.8 Å². The average Bonchev–Trinajstić information content (AvgIpc) is 2.89. The molecule has 1 aliphatic rings. The van der Waals surface area contributed by atoms with Gasteiger partial charge < -0.3 is 19.4 Å². The summed E-state index contributed by atoms with van der Waals surface area (Å²) in [5.41, 5.74) is 1.22. The summed E-state index contributed by atoms with van der Waals surface area (Å²) in [6, 6.07) is 2.61. The van der Waals surface area contributed by atoms with E-state index in [0.29, 0.717) is 12.6 Å². The lowest BCUT2D eigenvalue weighted by atomic mass is 10.0. The van der Waals surface area contributed by atoms with Crippen LogP contribution in [-0.4, -0.2) is 37.7 Å². The first-order chi connectivity index (χ1) is 9.81. The van der Waals surface area contributed by atoms with Crippen molar-refractivity contribution >= 4 is 0 Å². The number of hydrogen-bond acceptors (Lipinski definition) is 4. The molecule has 1 unspecified atom stereocenters. The predicted octanol–water partition coefficient (Wildman–Crippen LogP) is 2.78. The lowest BCUT2D eigenvalue weighted by Gasteiger charge is -2.32. The molecule has 20 heavy (non-hydrogen) atoms. The zero-order valence-corrected chi connectivity index (χ0v) is 12.9. The van der Waals surface area contributed by atoms with Crippen molar-refractivity contribution in [1.29, 1.82) is 0 Å². The summed E-state index contributed by atoms with van der Waals surface area (Å²) in [6.45, 7) is 6.66. The molecule has 0 aromatic carbocycles. The average molecular weight is 280 g/mol. The Balaban J connectivity index is 1.72. The monoisotopic (exact) mass is 280 g/mol.